The van der Waals surface area contributed by atoms with Crippen LogP contribution in [-0.2, 0) is 6.54 Å². The Bertz CT molecular complexity index is 1270. The van der Waals surface area contributed by atoms with Gasteiger partial charge in [-0.1, -0.05) is 12.1 Å². The molecule has 0 fully saturated rings. The van der Waals surface area contributed by atoms with Gasteiger partial charge in [-0.05, 0) is 49.2 Å². The van der Waals surface area contributed by atoms with Gasteiger partial charge in [0.25, 0.3) is 0 Å². The van der Waals surface area contributed by atoms with E-state index in [9.17, 15) is 9.50 Å². The van der Waals surface area contributed by atoms with E-state index >= 15 is 0 Å². The molecule has 1 atom stereocenters. The first-order chi connectivity index (χ1) is 16.1. The first-order valence-electron chi connectivity index (χ1n) is 10.8. The van der Waals surface area contributed by atoms with Crippen LogP contribution in [0.25, 0.3) is 17.1 Å². The maximum Gasteiger partial charge on any atom is 0.228 e. The smallest absolute Gasteiger partial charge is 0.228 e. The van der Waals surface area contributed by atoms with Crippen molar-refractivity contribution in [2.45, 2.75) is 25.9 Å². The van der Waals surface area contributed by atoms with Crippen LogP contribution in [0.15, 0.2) is 55.0 Å². The highest BCUT2D eigenvalue weighted by Gasteiger charge is 2.29. The van der Waals surface area contributed by atoms with Gasteiger partial charge in [-0.3, -0.25) is 4.57 Å². The van der Waals surface area contributed by atoms with Gasteiger partial charge in [0.05, 0.1) is 37.5 Å². The Morgan fingerprint density at radius 1 is 1.12 bits per heavy atom. The van der Waals surface area contributed by atoms with Crippen molar-refractivity contribution in [2.75, 3.05) is 25.2 Å². The Balaban J connectivity index is 1.51. The second kappa shape index (κ2) is 8.67. The lowest BCUT2D eigenvalue weighted by atomic mass is 10.1. The number of anilines is 1. The van der Waals surface area contributed by atoms with E-state index < -0.39 is 0 Å². The lowest BCUT2D eigenvalue weighted by molar-refractivity contribution is 0.255. The predicted molar refractivity (Wildman–Crippen MR) is 122 cm³/mol. The number of benzene rings is 2. The Morgan fingerprint density at radius 3 is 2.64 bits per heavy atom. The highest BCUT2D eigenvalue weighted by molar-refractivity contribution is 5.65. The van der Waals surface area contributed by atoms with E-state index in [1.54, 1.807) is 25.6 Å². The molecule has 170 valence electrons. The van der Waals surface area contributed by atoms with Gasteiger partial charge in [-0.25, -0.2) is 9.37 Å². The lowest BCUT2D eigenvalue weighted by Gasteiger charge is -2.35. The number of methoxy groups -OCH3 is 1. The van der Waals surface area contributed by atoms with Crippen LogP contribution >= 0.6 is 0 Å². The van der Waals surface area contributed by atoms with E-state index in [1.807, 2.05) is 40.8 Å². The number of hydrogen-bond donors (Lipinski definition) is 1. The summed E-state index contributed by atoms with van der Waals surface area (Å²) < 4.78 is 23.0. The number of hydrogen-bond acceptors (Lipinski definition) is 6. The molecule has 0 amide bonds. The summed E-state index contributed by atoms with van der Waals surface area (Å²) in [5.41, 5.74) is 3.53. The lowest BCUT2D eigenvalue weighted by Crippen LogP contribution is -2.37. The third-order valence-electron chi connectivity index (χ3n) is 6.00. The molecule has 9 heteroatoms. The maximum absolute atomic E-state index is 13.4. The highest BCUT2D eigenvalue weighted by atomic mass is 19.1. The number of fused-ring (bicyclic) bond motifs is 1. The van der Waals surface area contributed by atoms with Crippen LogP contribution in [-0.4, -0.2) is 49.7 Å². The van der Waals surface area contributed by atoms with Crippen LogP contribution in [0, 0.1) is 12.7 Å². The number of imidazole rings is 1. The van der Waals surface area contributed by atoms with E-state index in [0.717, 1.165) is 47.8 Å². The van der Waals surface area contributed by atoms with Gasteiger partial charge in [-0.2, -0.15) is 0 Å². The monoisotopic (exact) mass is 448 g/mol. The summed E-state index contributed by atoms with van der Waals surface area (Å²) in [5.74, 6) is 1.82. The van der Waals surface area contributed by atoms with Gasteiger partial charge in [0.15, 0.2) is 5.82 Å². The van der Waals surface area contributed by atoms with Gasteiger partial charge in [-0.15, -0.1) is 10.2 Å². The fraction of sp³-hybridized carbons (Fsp3) is 0.292. The number of aromatic nitrogens is 5. The molecule has 5 rings (SSSR count). The molecule has 1 aliphatic heterocycles. The first-order valence-corrected chi connectivity index (χ1v) is 10.8. The number of rotatable bonds is 6. The fourth-order valence-electron chi connectivity index (χ4n) is 4.37. The van der Waals surface area contributed by atoms with Crippen molar-refractivity contribution >= 4 is 5.95 Å². The van der Waals surface area contributed by atoms with Gasteiger partial charge in [0.1, 0.15) is 11.6 Å². The van der Waals surface area contributed by atoms with Crippen LogP contribution in [0.1, 0.15) is 23.7 Å². The number of aliphatic hydroxyl groups is 1. The van der Waals surface area contributed by atoms with Gasteiger partial charge in [0.2, 0.25) is 5.95 Å². The third kappa shape index (κ3) is 3.84. The van der Waals surface area contributed by atoms with E-state index in [4.69, 9.17) is 4.74 Å². The van der Waals surface area contributed by atoms with Gasteiger partial charge < -0.3 is 19.3 Å². The Hall–Kier alpha value is -3.72. The zero-order valence-electron chi connectivity index (χ0n) is 18.5. The van der Waals surface area contributed by atoms with E-state index in [1.165, 1.54) is 12.1 Å². The molecule has 0 radical (unpaired) electrons. The number of aryl methyl sites for hydroxylation is 1. The van der Waals surface area contributed by atoms with Crippen LogP contribution in [0.4, 0.5) is 10.3 Å². The zero-order chi connectivity index (χ0) is 22.9. The summed E-state index contributed by atoms with van der Waals surface area (Å²) >= 11 is 0. The molecule has 1 N–H and O–H groups in total. The van der Waals surface area contributed by atoms with Gasteiger partial charge in [0, 0.05) is 24.8 Å². The van der Waals surface area contributed by atoms with Crippen molar-refractivity contribution in [1.29, 1.82) is 0 Å². The van der Waals surface area contributed by atoms with E-state index in [2.05, 4.69) is 19.7 Å². The number of nitrogens with zero attached hydrogens (tertiary/aromatic N) is 6. The number of ether oxygens (including phenoxy) is 1. The second-order valence-electron chi connectivity index (χ2n) is 8.08. The first kappa shape index (κ1) is 21.1. The molecule has 0 spiro atoms. The molecule has 0 saturated carbocycles. The molecule has 0 bridgehead atoms. The van der Waals surface area contributed by atoms with Crippen molar-refractivity contribution in [1.82, 2.24) is 24.3 Å². The Kier molecular flexibility index (Phi) is 5.55. The predicted octanol–water partition coefficient (Wildman–Crippen LogP) is 3.53. The summed E-state index contributed by atoms with van der Waals surface area (Å²) in [5, 5.41) is 19.1. The SMILES string of the molecule is COc1cc(-c2nnc3n2CCCN3C(CO)c2ccc(F)cc2)ccc1-n1cnc(C)c1. The molecule has 2 aromatic heterocycles. The summed E-state index contributed by atoms with van der Waals surface area (Å²) in [6.45, 7) is 3.32. The molecule has 0 saturated heterocycles. The molecule has 3 heterocycles. The molecular formula is C24H25FN6O2. The minimum absolute atomic E-state index is 0.110. The molecule has 1 unspecified atom stereocenters. The maximum atomic E-state index is 13.4. The molecule has 0 aliphatic carbocycles. The minimum Gasteiger partial charge on any atom is -0.495 e. The molecule has 1 aliphatic rings. The quantitative estimate of drug-likeness (QED) is 0.486. The van der Waals surface area contributed by atoms with Gasteiger partial charge >= 0.3 is 0 Å². The topological polar surface area (TPSA) is 81.2 Å². The highest BCUT2D eigenvalue weighted by Crippen LogP contribution is 2.34. The Morgan fingerprint density at radius 2 is 1.94 bits per heavy atom. The molecular weight excluding hydrogens is 423 g/mol. The van der Waals surface area contributed by atoms with Crippen molar-refractivity contribution in [3.05, 3.63) is 72.1 Å². The van der Waals surface area contributed by atoms with Crippen LogP contribution in [0.2, 0.25) is 0 Å². The van der Waals surface area contributed by atoms with Crippen LogP contribution in [0.5, 0.6) is 5.75 Å². The Labute approximate surface area is 190 Å². The van der Waals surface area contributed by atoms with Crippen molar-refractivity contribution in [3.8, 4) is 22.8 Å². The van der Waals surface area contributed by atoms with Crippen molar-refractivity contribution in [3.63, 3.8) is 0 Å². The van der Waals surface area contributed by atoms with Crippen LogP contribution in [0.3, 0.4) is 0 Å². The van der Waals surface area contributed by atoms with Crippen molar-refractivity contribution in [2.24, 2.45) is 0 Å². The summed E-state index contributed by atoms with van der Waals surface area (Å²) in [6, 6.07) is 11.8. The molecule has 2 aromatic carbocycles. The average Bonchev–Trinajstić information content (AvgIpc) is 3.47. The fourth-order valence-corrected chi connectivity index (χ4v) is 4.37. The number of aliphatic hydroxyl groups excluding tert-OH is 1. The van der Waals surface area contributed by atoms with Crippen molar-refractivity contribution < 1.29 is 14.2 Å². The molecule has 33 heavy (non-hydrogen) atoms. The largest absolute Gasteiger partial charge is 0.495 e. The standard InChI is InChI=1S/C24H25FN6O2/c1-16-13-29(15-26-16)20-9-6-18(12-22(20)33-2)23-27-28-24-30(10-3-11-31(23)24)21(14-32)17-4-7-19(25)8-5-17/h4-9,12-13,15,21,32H,3,10-11,14H2,1-2H3. The molecule has 4 aromatic rings. The van der Waals surface area contributed by atoms with E-state index in [0.29, 0.717) is 11.7 Å². The third-order valence-corrected chi connectivity index (χ3v) is 6.00. The van der Waals surface area contributed by atoms with Crippen LogP contribution < -0.4 is 9.64 Å². The summed E-state index contributed by atoms with van der Waals surface area (Å²) in [7, 11) is 1.64. The van der Waals surface area contributed by atoms with E-state index in [-0.39, 0.29) is 18.5 Å². The average molecular weight is 449 g/mol. The number of halogens is 1. The minimum atomic E-state index is -0.330. The summed E-state index contributed by atoms with van der Waals surface area (Å²) in [4.78, 5) is 6.33. The normalized spacial score (nSPS) is 14.2. The summed E-state index contributed by atoms with van der Waals surface area (Å²) in [6.07, 6.45) is 4.58. The second-order valence-corrected chi connectivity index (χ2v) is 8.08. The molecule has 8 nitrogen and oxygen atoms in total. The zero-order valence-corrected chi connectivity index (χ0v) is 18.5.